The van der Waals surface area contributed by atoms with Gasteiger partial charge in [-0.1, -0.05) is 37.6 Å². The lowest BCUT2D eigenvalue weighted by Crippen LogP contribution is -2.44. The topological polar surface area (TPSA) is 49.8 Å². The van der Waals surface area contributed by atoms with Crippen molar-refractivity contribution in [3.8, 4) is 0 Å². The second-order valence-corrected chi connectivity index (χ2v) is 5.75. The molecule has 2 rings (SSSR count). The van der Waals surface area contributed by atoms with Gasteiger partial charge in [-0.2, -0.15) is 0 Å². The number of rotatable bonds is 6. The Hall–Kier alpha value is -1.39. The number of morpholine rings is 1. The van der Waals surface area contributed by atoms with Crippen molar-refractivity contribution in [2.45, 2.75) is 45.3 Å². The number of aliphatic carboxylic acids is 1. The van der Waals surface area contributed by atoms with E-state index in [2.05, 4.69) is 43.0 Å². The molecule has 1 aromatic carbocycles. The third-order valence-corrected chi connectivity index (χ3v) is 4.12. The highest BCUT2D eigenvalue weighted by Crippen LogP contribution is 2.24. The maximum atomic E-state index is 10.8. The van der Waals surface area contributed by atoms with E-state index in [1.54, 1.807) is 0 Å². The molecule has 0 aliphatic carbocycles. The van der Waals surface area contributed by atoms with Crippen molar-refractivity contribution in [2.75, 3.05) is 19.7 Å². The van der Waals surface area contributed by atoms with Crippen LogP contribution in [0.1, 0.15) is 43.9 Å². The van der Waals surface area contributed by atoms with E-state index in [0.29, 0.717) is 19.2 Å². The number of aryl methyl sites for hydroxylation is 1. The highest BCUT2D eigenvalue weighted by atomic mass is 16.5. The van der Waals surface area contributed by atoms with Crippen LogP contribution in [-0.2, 0) is 16.0 Å². The summed E-state index contributed by atoms with van der Waals surface area (Å²) in [6.07, 6.45) is 2.17. The van der Waals surface area contributed by atoms with Crippen LogP contribution in [0.3, 0.4) is 0 Å². The predicted molar refractivity (Wildman–Crippen MR) is 82.4 cm³/mol. The van der Waals surface area contributed by atoms with Gasteiger partial charge in [-0.15, -0.1) is 0 Å². The zero-order chi connectivity index (χ0) is 15.2. The molecule has 1 aromatic rings. The molecule has 0 spiro atoms. The summed E-state index contributed by atoms with van der Waals surface area (Å²) in [5.41, 5.74) is 2.66. The monoisotopic (exact) mass is 291 g/mol. The van der Waals surface area contributed by atoms with Gasteiger partial charge < -0.3 is 9.84 Å². The number of hydrogen-bond donors (Lipinski definition) is 1. The van der Waals surface area contributed by atoms with Crippen LogP contribution in [0.4, 0.5) is 0 Å². The van der Waals surface area contributed by atoms with Crippen LogP contribution in [-0.4, -0.2) is 41.8 Å². The van der Waals surface area contributed by atoms with Gasteiger partial charge in [-0.25, -0.2) is 0 Å². The lowest BCUT2D eigenvalue weighted by molar-refractivity contribution is -0.142. The second kappa shape index (κ2) is 7.57. The van der Waals surface area contributed by atoms with E-state index >= 15 is 0 Å². The molecule has 0 saturated carbocycles. The number of hydrogen-bond acceptors (Lipinski definition) is 3. The van der Waals surface area contributed by atoms with Crippen molar-refractivity contribution in [3.05, 3.63) is 35.4 Å². The Morgan fingerprint density at radius 3 is 2.76 bits per heavy atom. The van der Waals surface area contributed by atoms with Gasteiger partial charge in [0.15, 0.2) is 0 Å². The van der Waals surface area contributed by atoms with Crippen LogP contribution < -0.4 is 0 Å². The summed E-state index contributed by atoms with van der Waals surface area (Å²) in [7, 11) is 0. The van der Waals surface area contributed by atoms with Crippen molar-refractivity contribution in [1.82, 2.24) is 4.90 Å². The Bertz CT molecular complexity index is 458. The summed E-state index contributed by atoms with van der Waals surface area (Å²) in [4.78, 5) is 13.1. The molecule has 0 radical (unpaired) electrons. The molecule has 21 heavy (non-hydrogen) atoms. The Kier molecular flexibility index (Phi) is 5.76. The van der Waals surface area contributed by atoms with Gasteiger partial charge in [0.25, 0.3) is 0 Å². The summed E-state index contributed by atoms with van der Waals surface area (Å²) in [5.74, 6) is -0.793. The van der Waals surface area contributed by atoms with E-state index in [-0.39, 0.29) is 12.5 Å². The Morgan fingerprint density at radius 1 is 1.43 bits per heavy atom. The second-order valence-electron chi connectivity index (χ2n) is 5.75. The first kappa shape index (κ1) is 16.0. The van der Waals surface area contributed by atoms with Crippen LogP contribution in [0.5, 0.6) is 0 Å². The van der Waals surface area contributed by atoms with Crippen LogP contribution in [0.25, 0.3) is 0 Å². The SMILES string of the molecule is CCCc1ccc(C(C)N2CCOC(CC(=O)O)C2)cc1. The molecule has 0 amide bonds. The smallest absolute Gasteiger partial charge is 0.306 e. The van der Waals surface area contributed by atoms with Gasteiger partial charge in [0.1, 0.15) is 0 Å². The van der Waals surface area contributed by atoms with Gasteiger partial charge in [-0.3, -0.25) is 9.69 Å². The molecule has 1 aliphatic rings. The van der Waals surface area contributed by atoms with Gasteiger partial charge >= 0.3 is 5.97 Å². The minimum Gasteiger partial charge on any atom is -0.481 e. The molecule has 1 heterocycles. The lowest BCUT2D eigenvalue weighted by atomic mass is 10.0. The zero-order valence-corrected chi connectivity index (χ0v) is 12.9. The highest BCUT2D eigenvalue weighted by molar-refractivity contribution is 5.67. The molecular weight excluding hydrogens is 266 g/mol. The predicted octanol–water partition coefficient (Wildman–Crippen LogP) is 2.88. The summed E-state index contributed by atoms with van der Waals surface area (Å²) in [5, 5.41) is 8.89. The maximum Gasteiger partial charge on any atom is 0.306 e. The molecular formula is C17H25NO3. The number of carbonyl (C=O) groups is 1. The Morgan fingerprint density at radius 2 is 2.14 bits per heavy atom. The van der Waals surface area contributed by atoms with Crippen LogP contribution >= 0.6 is 0 Å². The first-order valence-corrected chi connectivity index (χ1v) is 7.76. The third-order valence-electron chi connectivity index (χ3n) is 4.12. The number of nitrogens with zero attached hydrogens (tertiary/aromatic N) is 1. The van der Waals surface area contributed by atoms with Crippen molar-refractivity contribution in [3.63, 3.8) is 0 Å². The molecule has 1 saturated heterocycles. The molecule has 2 atom stereocenters. The lowest BCUT2D eigenvalue weighted by Gasteiger charge is -2.36. The fourth-order valence-corrected chi connectivity index (χ4v) is 2.87. The fourth-order valence-electron chi connectivity index (χ4n) is 2.87. The first-order chi connectivity index (χ1) is 10.1. The number of ether oxygens (including phenoxy) is 1. The van der Waals surface area contributed by atoms with E-state index in [4.69, 9.17) is 9.84 Å². The third kappa shape index (κ3) is 4.55. The average molecular weight is 291 g/mol. The average Bonchev–Trinajstić information content (AvgIpc) is 2.47. The number of carboxylic acid groups (broad SMARTS) is 1. The summed E-state index contributed by atoms with van der Waals surface area (Å²) < 4.78 is 5.53. The van der Waals surface area contributed by atoms with Crippen molar-refractivity contribution < 1.29 is 14.6 Å². The van der Waals surface area contributed by atoms with Gasteiger partial charge in [0, 0.05) is 19.1 Å². The highest BCUT2D eigenvalue weighted by Gasteiger charge is 2.26. The van der Waals surface area contributed by atoms with E-state index < -0.39 is 5.97 Å². The normalized spacial score (nSPS) is 21.1. The quantitative estimate of drug-likeness (QED) is 0.875. The zero-order valence-electron chi connectivity index (χ0n) is 12.9. The molecule has 4 heteroatoms. The summed E-state index contributed by atoms with van der Waals surface area (Å²) in [6, 6.07) is 9.07. The van der Waals surface area contributed by atoms with Crippen molar-refractivity contribution >= 4 is 5.97 Å². The number of benzene rings is 1. The summed E-state index contributed by atoms with van der Waals surface area (Å²) >= 11 is 0. The van der Waals surface area contributed by atoms with Gasteiger partial charge in [-0.05, 0) is 24.5 Å². The molecule has 4 nitrogen and oxygen atoms in total. The van der Waals surface area contributed by atoms with E-state index in [1.807, 2.05) is 0 Å². The van der Waals surface area contributed by atoms with Gasteiger partial charge in [0.05, 0.1) is 19.1 Å². The molecule has 1 fully saturated rings. The van der Waals surface area contributed by atoms with Crippen molar-refractivity contribution in [2.24, 2.45) is 0 Å². The molecule has 1 N–H and O–H groups in total. The Balaban J connectivity index is 1.98. The molecule has 0 aromatic heterocycles. The van der Waals surface area contributed by atoms with Gasteiger partial charge in [0.2, 0.25) is 0 Å². The van der Waals surface area contributed by atoms with Crippen LogP contribution in [0.2, 0.25) is 0 Å². The number of carboxylic acids is 1. The Labute approximate surface area is 126 Å². The molecule has 0 bridgehead atoms. The first-order valence-electron chi connectivity index (χ1n) is 7.76. The molecule has 2 unspecified atom stereocenters. The van der Waals surface area contributed by atoms with E-state index in [0.717, 1.165) is 19.4 Å². The molecule has 116 valence electrons. The van der Waals surface area contributed by atoms with Crippen LogP contribution in [0.15, 0.2) is 24.3 Å². The maximum absolute atomic E-state index is 10.8. The largest absolute Gasteiger partial charge is 0.481 e. The molecule has 1 aliphatic heterocycles. The summed E-state index contributed by atoms with van der Waals surface area (Å²) in [6.45, 7) is 6.51. The van der Waals surface area contributed by atoms with E-state index in [1.165, 1.54) is 11.1 Å². The van der Waals surface area contributed by atoms with Crippen molar-refractivity contribution in [1.29, 1.82) is 0 Å². The van der Waals surface area contributed by atoms with Crippen LogP contribution in [0, 0.1) is 0 Å². The standard InChI is InChI=1S/C17H25NO3/c1-3-4-14-5-7-15(8-6-14)13(2)18-9-10-21-16(12-18)11-17(19)20/h5-8,13,16H,3-4,9-12H2,1-2H3,(H,19,20). The van der Waals surface area contributed by atoms with E-state index in [9.17, 15) is 4.79 Å². The minimum absolute atomic E-state index is 0.0820. The minimum atomic E-state index is -0.793. The fraction of sp³-hybridized carbons (Fsp3) is 0.588.